The molecule has 0 unspecified atom stereocenters. The molecule has 0 spiro atoms. The minimum absolute atomic E-state index is 0. The molecule has 2 rings (SSSR count). The van der Waals surface area contributed by atoms with Crippen molar-refractivity contribution < 1.29 is 9.53 Å². The fourth-order valence-corrected chi connectivity index (χ4v) is 2.56. The first kappa shape index (κ1) is 20.0. The summed E-state index contributed by atoms with van der Waals surface area (Å²) in [7, 11) is 0. The molecule has 7 heteroatoms. The summed E-state index contributed by atoms with van der Waals surface area (Å²) in [6, 6.07) is 7.28. The van der Waals surface area contributed by atoms with Crippen molar-refractivity contribution in [3.8, 4) is 5.75 Å². The average molecular weight is 362 g/mol. The van der Waals surface area contributed by atoms with Crippen LogP contribution in [0.25, 0.3) is 0 Å². The number of hydrogen-bond acceptors (Lipinski definition) is 4. The molecule has 0 bridgehead atoms. The molecule has 1 aliphatic rings. The standard InChI is InChI=1S/C16H24ClN3O2.ClH/c17-14-4-1-2-5-15(14)22-13-6-16(21)19-7-3-10-20-11-8-18-9-12-20;/h1-2,4-5,18H,3,6-13H2,(H,19,21);1H. The van der Waals surface area contributed by atoms with Crippen LogP contribution in [0.5, 0.6) is 5.75 Å². The first-order valence-electron chi connectivity index (χ1n) is 7.83. The number of ether oxygens (including phenoxy) is 1. The topological polar surface area (TPSA) is 53.6 Å². The highest BCUT2D eigenvalue weighted by atomic mass is 35.5. The van der Waals surface area contributed by atoms with E-state index < -0.39 is 0 Å². The highest BCUT2D eigenvalue weighted by Crippen LogP contribution is 2.22. The molecule has 23 heavy (non-hydrogen) atoms. The van der Waals surface area contributed by atoms with E-state index >= 15 is 0 Å². The normalized spacial score (nSPS) is 14.8. The van der Waals surface area contributed by atoms with Gasteiger partial charge in [-0.1, -0.05) is 23.7 Å². The van der Waals surface area contributed by atoms with Gasteiger partial charge in [0.15, 0.2) is 0 Å². The van der Waals surface area contributed by atoms with Crippen molar-refractivity contribution in [3.05, 3.63) is 29.3 Å². The predicted octanol–water partition coefficient (Wildman–Crippen LogP) is 1.94. The van der Waals surface area contributed by atoms with Crippen molar-refractivity contribution in [1.29, 1.82) is 0 Å². The lowest BCUT2D eigenvalue weighted by Crippen LogP contribution is -2.44. The van der Waals surface area contributed by atoms with Crippen LogP contribution in [0.4, 0.5) is 0 Å². The number of halogens is 2. The molecule has 2 N–H and O–H groups in total. The number of carbonyl (C=O) groups is 1. The zero-order valence-corrected chi connectivity index (χ0v) is 14.8. The van der Waals surface area contributed by atoms with E-state index in [0.29, 0.717) is 23.8 Å². The number of nitrogens with one attached hydrogen (secondary N) is 2. The molecule has 1 fully saturated rings. The number of benzene rings is 1. The van der Waals surface area contributed by atoms with Crippen LogP contribution in [0.3, 0.4) is 0 Å². The van der Waals surface area contributed by atoms with Crippen LogP contribution >= 0.6 is 24.0 Å². The van der Waals surface area contributed by atoms with Gasteiger partial charge in [0.1, 0.15) is 5.75 Å². The Morgan fingerprint density at radius 3 is 2.78 bits per heavy atom. The number of amides is 1. The Balaban J connectivity index is 0.00000264. The number of rotatable bonds is 8. The molecule has 5 nitrogen and oxygen atoms in total. The summed E-state index contributed by atoms with van der Waals surface area (Å²) in [6.07, 6.45) is 1.33. The van der Waals surface area contributed by atoms with E-state index in [1.54, 1.807) is 12.1 Å². The lowest BCUT2D eigenvalue weighted by molar-refractivity contribution is -0.121. The van der Waals surface area contributed by atoms with E-state index in [1.807, 2.05) is 12.1 Å². The van der Waals surface area contributed by atoms with E-state index in [-0.39, 0.29) is 18.3 Å². The first-order chi connectivity index (χ1) is 10.8. The van der Waals surface area contributed by atoms with Crippen molar-refractivity contribution in [2.45, 2.75) is 12.8 Å². The van der Waals surface area contributed by atoms with Crippen LogP contribution in [0.2, 0.25) is 5.02 Å². The molecule has 0 radical (unpaired) electrons. The Bertz CT molecular complexity index is 468. The van der Waals surface area contributed by atoms with Gasteiger partial charge in [-0.25, -0.2) is 0 Å². The maximum Gasteiger partial charge on any atom is 0.223 e. The van der Waals surface area contributed by atoms with Crippen molar-refractivity contribution >= 4 is 29.9 Å². The number of carbonyl (C=O) groups excluding carboxylic acids is 1. The summed E-state index contributed by atoms with van der Waals surface area (Å²) in [4.78, 5) is 14.1. The van der Waals surface area contributed by atoms with E-state index in [1.165, 1.54) is 0 Å². The summed E-state index contributed by atoms with van der Waals surface area (Å²) in [6.45, 7) is 6.41. The maximum atomic E-state index is 11.7. The van der Waals surface area contributed by atoms with E-state index in [4.69, 9.17) is 16.3 Å². The molecule has 1 amide bonds. The van der Waals surface area contributed by atoms with E-state index in [9.17, 15) is 4.79 Å². The summed E-state index contributed by atoms with van der Waals surface area (Å²) in [5, 5.41) is 6.83. The Labute approximate surface area is 149 Å². The lowest BCUT2D eigenvalue weighted by Gasteiger charge is -2.27. The predicted molar refractivity (Wildman–Crippen MR) is 95.7 cm³/mol. The fraction of sp³-hybridized carbons (Fsp3) is 0.562. The average Bonchev–Trinajstić information content (AvgIpc) is 2.54. The number of piperazine rings is 1. The van der Waals surface area contributed by atoms with Gasteiger partial charge in [-0.15, -0.1) is 12.4 Å². The molecule has 0 aliphatic carbocycles. The van der Waals surface area contributed by atoms with Crippen LogP contribution < -0.4 is 15.4 Å². The van der Waals surface area contributed by atoms with Crippen LogP contribution in [0.1, 0.15) is 12.8 Å². The summed E-state index contributed by atoms with van der Waals surface area (Å²) in [5.74, 6) is 0.642. The number of para-hydroxylation sites is 1. The van der Waals surface area contributed by atoms with Crippen molar-refractivity contribution in [1.82, 2.24) is 15.5 Å². The van der Waals surface area contributed by atoms with Gasteiger partial charge < -0.3 is 20.3 Å². The van der Waals surface area contributed by atoms with Crippen LogP contribution in [-0.2, 0) is 4.79 Å². The maximum absolute atomic E-state index is 11.7. The quantitative estimate of drug-likeness (QED) is 0.694. The first-order valence-corrected chi connectivity index (χ1v) is 8.20. The third-order valence-electron chi connectivity index (χ3n) is 3.61. The number of nitrogens with zero attached hydrogens (tertiary/aromatic N) is 1. The molecule has 1 aromatic rings. The second-order valence-electron chi connectivity index (χ2n) is 5.32. The van der Waals surface area contributed by atoms with E-state index in [2.05, 4.69) is 15.5 Å². The fourth-order valence-electron chi connectivity index (χ4n) is 2.37. The van der Waals surface area contributed by atoms with Gasteiger partial charge in [-0.2, -0.15) is 0 Å². The van der Waals surface area contributed by atoms with Gasteiger partial charge in [0.25, 0.3) is 0 Å². The van der Waals surface area contributed by atoms with Gasteiger partial charge in [0.05, 0.1) is 18.1 Å². The van der Waals surface area contributed by atoms with Crippen molar-refractivity contribution in [2.75, 3.05) is 45.9 Å². The molecule has 0 saturated carbocycles. The molecule has 1 saturated heterocycles. The minimum Gasteiger partial charge on any atom is -0.491 e. The monoisotopic (exact) mass is 361 g/mol. The van der Waals surface area contributed by atoms with Crippen LogP contribution in [0.15, 0.2) is 24.3 Å². The molecule has 0 aromatic heterocycles. The third kappa shape index (κ3) is 7.88. The lowest BCUT2D eigenvalue weighted by atomic mass is 10.3. The second kappa shape index (κ2) is 11.5. The van der Waals surface area contributed by atoms with Gasteiger partial charge in [0, 0.05) is 32.7 Å². The van der Waals surface area contributed by atoms with Gasteiger partial charge in [-0.05, 0) is 25.1 Å². The SMILES string of the molecule is Cl.O=C(CCOc1ccccc1Cl)NCCCN1CCNCC1. The van der Waals surface area contributed by atoms with Gasteiger partial charge >= 0.3 is 0 Å². The van der Waals surface area contributed by atoms with Crippen molar-refractivity contribution in [2.24, 2.45) is 0 Å². The summed E-state index contributed by atoms with van der Waals surface area (Å²) >= 11 is 5.98. The Morgan fingerprint density at radius 2 is 2.04 bits per heavy atom. The Kier molecular flexibility index (Phi) is 10.0. The summed E-state index contributed by atoms with van der Waals surface area (Å²) < 4.78 is 5.50. The second-order valence-corrected chi connectivity index (χ2v) is 5.73. The smallest absolute Gasteiger partial charge is 0.223 e. The molecular weight excluding hydrogens is 337 g/mol. The molecule has 0 atom stereocenters. The Morgan fingerprint density at radius 1 is 1.30 bits per heavy atom. The van der Waals surface area contributed by atoms with Crippen LogP contribution in [-0.4, -0.2) is 56.7 Å². The zero-order valence-electron chi connectivity index (χ0n) is 13.2. The molecule has 130 valence electrons. The molecular formula is C16H25Cl2N3O2. The Hall–Kier alpha value is -1.01. The van der Waals surface area contributed by atoms with Gasteiger partial charge in [-0.3, -0.25) is 4.79 Å². The largest absolute Gasteiger partial charge is 0.491 e. The highest BCUT2D eigenvalue weighted by Gasteiger charge is 2.09. The molecule has 1 aromatic carbocycles. The minimum atomic E-state index is 0. The molecule has 1 aliphatic heterocycles. The van der Waals surface area contributed by atoms with E-state index in [0.717, 1.165) is 45.7 Å². The third-order valence-corrected chi connectivity index (χ3v) is 3.92. The summed E-state index contributed by atoms with van der Waals surface area (Å²) in [5.41, 5.74) is 0. The van der Waals surface area contributed by atoms with Gasteiger partial charge in [0.2, 0.25) is 5.91 Å². The highest BCUT2D eigenvalue weighted by molar-refractivity contribution is 6.32. The van der Waals surface area contributed by atoms with Crippen LogP contribution in [0, 0.1) is 0 Å². The zero-order chi connectivity index (χ0) is 15.6. The number of hydrogen-bond donors (Lipinski definition) is 2. The van der Waals surface area contributed by atoms with Crippen molar-refractivity contribution in [3.63, 3.8) is 0 Å². The molecule has 1 heterocycles.